The minimum absolute atomic E-state index is 0.101. The number of nitrogens with one attached hydrogen (secondary N) is 1. The van der Waals surface area contributed by atoms with E-state index >= 15 is 0 Å². The Balaban J connectivity index is 1.77. The number of carbonyl (C=O) groups is 1. The molecule has 172 valence electrons. The largest absolute Gasteiger partial charge is 0.298 e. The average Bonchev–Trinajstić information content (AvgIpc) is 3.20. The van der Waals surface area contributed by atoms with Crippen molar-refractivity contribution in [3.8, 4) is 11.3 Å². The van der Waals surface area contributed by atoms with Crippen LogP contribution in [0, 0.1) is 20.8 Å². The molecule has 0 radical (unpaired) electrons. The van der Waals surface area contributed by atoms with Crippen LogP contribution in [-0.4, -0.2) is 36.7 Å². The molecule has 0 unspecified atom stereocenters. The van der Waals surface area contributed by atoms with Crippen LogP contribution < -0.4 is 5.32 Å². The topological polar surface area (TPSA) is 79.4 Å². The van der Waals surface area contributed by atoms with Crippen LogP contribution in [0.5, 0.6) is 0 Å². The summed E-state index contributed by atoms with van der Waals surface area (Å²) in [5.74, 6) is -0.355. The van der Waals surface area contributed by atoms with Crippen molar-refractivity contribution in [2.75, 3.05) is 18.4 Å². The van der Waals surface area contributed by atoms with Gasteiger partial charge in [0.05, 0.1) is 10.6 Å². The molecular weight excluding hydrogens is 454 g/mol. The fourth-order valence-electron chi connectivity index (χ4n) is 3.69. The van der Waals surface area contributed by atoms with Crippen molar-refractivity contribution in [2.24, 2.45) is 0 Å². The van der Waals surface area contributed by atoms with E-state index in [1.54, 1.807) is 0 Å². The number of hydrogen-bond donors (Lipinski definition) is 1. The van der Waals surface area contributed by atoms with Gasteiger partial charge in [-0.05, 0) is 56.2 Å². The van der Waals surface area contributed by atoms with Crippen LogP contribution in [0.2, 0.25) is 0 Å². The summed E-state index contributed by atoms with van der Waals surface area (Å²) in [6.45, 7) is 13.7. The van der Waals surface area contributed by atoms with Crippen LogP contribution in [0.1, 0.15) is 27.0 Å². The predicted molar refractivity (Wildman–Crippen MR) is 135 cm³/mol. The van der Waals surface area contributed by atoms with Crippen LogP contribution in [0.4, 0.5) is 5.13 Å². The zero-order valence-electron chi connectivity index (χ0n) is 19.0. The Bertz CT molecular complexity index is 1260. The molecule has 0 aliphatic carbocycles. The summed E-state index contributed by atoms with van der Waals surface area (Å²) in [6.07, 6.45) is 3.04. The van der Waals surface area contributed by atoms with Crippen LogP contribution in [-0.2, 0) is 10.0 Å². The number of nitrogens with zero attached hydrogens (tertiary/aromatic N) is 2. The van der Waals surface area contributed by atoms with E-state index in [4.69, 9.17) is 0 Å². The molecule has 2 aromatic carbocycles. The molecule has 0 aliphatic heterocycles. The van der Waals surface area contributed by atoms with Crippen molar-refractivity contribution in [3.63, 3.8) is 0 Å². The standard InChI is InChI=1S/C25H27N3O3S2/c1-6-12-28(13-7-2)33(30,31)21-10-8-20(9-11-21)24(29)27-25-26-22(16-32-25)23-18(4)14-17(3)15-19(23)5/h6-11,14-16H,1-2,12-13H2,3-5H3,(H,26,27,29). The molecule has 33 heavy (non-hydrogen) atoms. The first-order valence-electron chi connectivity index (χ1n) is 10.3. The van der Waals surface area contributed by atoms with Gasteiger partial charge in [-0.25, -0.2) is 13.4 Å². The van der Waals surface area contributed by atoms with Crippen molar-refractivity contribution < 1.29 is 13.2 Å². The Morgan fingerprint density at radius 1 is 1.06 bits per heavy atom. The first-order valence-corrected chi connectivity index (χ1v) is 12.7. The van der Waals surface area contributed by atoms with Crippen LogP contribution in [0.3, 0.4) is 0 Å². The van der Waals surface area contributed by atoms with E-state index in [-0.39, 0.29) is 23.9 Å². The lowest BCUT2D eigenvalue weighted by Crippen LogP contribution is -2.31. The second kappa shape index (κ2) is 10.2. The molecule has 0 spiro atoms. The minimum Gasteiger partial charge on any atom is -0.298 e. The third-order valence-corrected chi connectivity index (χ3v) is 7.68. The number of aryl methyl sites for hydroxylation is 3. The fourth-order valence-corrected chi connectivity index (χ4v) is 5.76. The molecular formula is C25H27N3O3S2. The molecule has 0 bridgehead atoms. The number of thiazole rings is 1. The molecule has 3 aromatic rings. The number of aromatic nitrogens is 1. The van der Waals surface area contributed by atoms with Crippen molar-refractivity contribution >= 4 is 32.4 Å². The van der Waals surface area contributed by atoms with Gasteiger partial charge in [0.2, 0.25) is 10.0 Å². The lowest BCUT2D eigenvalue weighted by Gasteiger charge is -2.19. The van der Waals surface area contributed by atoms with Gasteiger partial charge in [0.25, 0.3) is 5.91 Å². The first kappa shape index (κ1) is 24.6. The number of carbonyl (C=O) groups excluding carboxylic acids is 1. The molecule has 1 amide bonds. The highest BCUT2D eigenvalue weighted by molar-refractivity contribution is 7.89. The Morgan fingerprint density at radius 2 is 1.64 bits per heavy atom. The highest BCUT2D eigenvalue weighted by Crippen LogP contribution is 2.31. The Hall–Kier alpha value is -3.07. The quantitative estimate of drug-likeness (QED) is 0.418. The normalized spacial score (nSPS) is 11.4. The first-order chi connectivity index (χ1) is 15.7. The number of benzene rings is 2. The molecule has 0 aliphatic rings. The van der Waals surface area contributed by atoms with Crippen molar-refractivity contribution in [1.29, 1.82) is 0 Å². The van der Waals surface area contributed by atoms with Crippen molar-refractivity contribution in [1.82, 2.24) is 9.29 Å². The molecule has 3 rings (SSSR count). The summed E-state index contributed by atoms with van der Waals surface area (Å²) in [6, 6.07) is 10.1. The van der Waals surface area contributed by atoms with Gasteiger partial charge in [-0.3, -0.25) is 10.1 Å². The lowest BCUT2D eigenvalue weighted by molar-refractivity contribution is 0.102. The van der Waals surface area contributed by atoms with Crippen LogP contribution in [0.25, 0.3) is 11.3 Å². The zero-order valence-corrected chi connectivity index (χ0v) is 20.6. The lowest BCUT2D eigenvalue weighted by atomic mass is 9.98. The molecule has 0 atom stereocenters. The summed E-state index contributed by atoms with van der Waals surface area (Å²) in [5, 5.41) is 5.20. The van der Waals surface area contributed by atoms with E-state index in [1.807, 2.05) is 19.2 Å². The predicted octanol–water partition coefficient (Wildman–Crippen LogP) is 5.35. The molecule has 0 saturated heterocycles. The SMILES string of the molecule is C=CCN(CC=C)S(=O)(=O)c1ccc(C(=O)Nc2nc(-c3c(C)cc(C)cc3C)cs2)cc1. The van der Waals surface area contributed by atoms with Gasteiger partial charge in [-0.2, -0.15) is 4.31 Å². The van der Waals surface area contributed by atoms with Crippen molar-refractivity contribution in [3.05, 3.63) is 89.3 Å². The third kappa shape index (κ3) is 5.47. The van der Waals surface area contributed by atoms with Gasteiger partial charge < -0.3 is 0 Å². The summed E-state index contributed by atoms with van der Waals surface area (Å²) >= 11 is 1.35. The Kier molecular flexibility index (Phi) is 7.63. The Morgan fingerprint density at radius 3 is 2.18 bits per heavy atom. The second-order valence-corrected chi connectivity index (χ2v) is 10.5. The highest BCUT2D eigenvalue weighted by Gasteiger charge is 2.23. The van der Waals surface area contributed by atoms with E-state index in [0.717, 1.165) is 22.4 Å². The number of anilines is 1. The number of sulfonamides is 1. The van der Waals surface area contributed by atoms with Crippen molar-refractivity contribution in [2.45, 2.75) is 25.7 Å². The number of rotatable bonds is 9. The maximum atomic E-state index is 12.8. The maximum Gasteiger partial charge on any atom is 0.257 e. The van der Waals surface area contributed by atoms with Gasteiger partial charge in [0.1, 0.15) is 0 Å². The fraction of sp³-hybridized carbons (Fsp3) is 0.200. The van der Waals surface area contributed by atoms with E-state index in [0.29, 0.717) is 10.7 Å². The smallest absolute Gasteiger partial charge is 0.257 e. The summed E-state index contributed by atoms with van der Waals surface area (Å²) in [5.41, 5.74) is 5.68. The average molecular weight is 482 g/mol. The Labute approximate surface area is 199 Å². The van der Waals surface area contributed by atoms with Gasteiger partial charge >= 0.3 is 0 Å². The summed E-state index contributed by atoms with van der Waals surface area (Å²) in [7, 11) is -3.72. The molecule has 1 aromatic heterocycles. The van der Waals surface area contributed by atoms with E-state index in [2.05, 4.69) is 42.5 Å². The highest BCUT2D eigenvalue weighted by atomic mass is 32.2. The zero-order chi connectivity index (χ0) is 24.2. The van der Waals surface area contributed by atoms with Crippen LogP contribution >= 0.6 is 11.3 Å². The monoisotopic (exact) mass is 481 g/mol. The molecule has 1 heterocycles. The van der Waals surface area contributed by atoms with E-state index in [9.17, 15) is 13.2 Å². The molecule has 8 heteroatoms. The van der Waals surface area contributed by atoms with Crippen LogP contribution in [0.15, 0.2) is 72.0 Å². The van der Waals surface area contributed by atoms with Gasteiger partial charge in [0.15, 0.2) is 5.13 Å². The van der Waals surface area contributed by atoms with Gasteiger partial charge in [0, 0.05) is 29.6 Å². The second-order valence-electron chi connectivity index (χ2n) is 7.69. The molecule has 0 saturated carbocycles. The van der Waals surface area contributed by atoms with Gasteiger partial charge in [-0.1, -0.05) is 29.8 Å². The van der Waals surface area contributed by atoms with E-state index < -0.39 is 10.0 Å². The summed E-state index contributed by atoms with van der Waals surface area (Å²) in [4.78, 5) is 17.4. The molecule has 1 N–H and O–H groups in total. The number of hydrogen-bond acceptors (Lipinski definition) is 5. The molecule has 6 nitrogen and oxygen atoms in total. The minimum atomic E-state index is -3.72. The third-order valence-electron chi connectivity index (χ3n) is 5.08. The summed E-state index contributed by atoms with van der Waals surface area (Å²) < 4.78 is 26.9. The molecule has 0 fully saturated rings. The number of amides is 1. The van der Waals surface area contributed by atoms with Gasteiger partial charge in [-0.15, -0.1) is 24.5 Å². The van der Waals surface area contributed by atoms with E-state index in [1.165, 1.54) is 57.6 Å². The maximum absolute atomic E-state index is 12.8.